The number of hydrogen-bond acceptors (Lipinski definition) is 2. The smallest absolute Gasteiger partial charge is 0.217 e. The second-order valence-electron chi connectivity index (χ2n) is 2.17. The quantitative estimate of drug-likeness (QED) is 0.690. The Hall–Kier alpha value is -0.860. The molecule has 2 N–H and O–H groups in total. The highest BCUT2D eigenvalue weighted by Gasteiger charge is 1.88. The maximum Gasteiger partial charge on any atom is 0.217 e. The van der Waals surface area contributed by atoms with Gasteiger partial charge >= 0.3 is 0 Å². The van der Waals surface area contributed by atoms with Gasteiger partial charge in [-0.05, 0) is 0 Å². The third-order valence-electron chi connectivity index (χ3n) is 1.01. The standard InChI is InChI=1S/C4H7NO2.C4H10.C2H6/c5-4(7)2-1-3-6;1-3-4-2;1-2/h3H,1-2H2,(H2,5,7);3-4H2,1-2H3;1-2H3. The summed E-state index contributed by atoms with van der Waals surface area (Å²) in [6.07, 6.45) is 3.73. The van der Waals surface area contributed by atoms with Crippen LogP contribution in [0.25, 0.3) is 0 Å². The summed E-state index contributed by atoms with van der Waals surface area (Å²) in [5.41, 5.74) is 4.68. The van der Waals surface area contributed by atoms with E-state index in [1.165, 1.54) is 12.8 Å². The van der Waals surface area contributed by atoms with Crippen LogP contribution in [-0.2, 0) is 9.59 Å². The second-order valence-corrected chi connectivity index (χ2v) is 2.17. The molecule has 0 spiro atoms. The number of unbranched alkanes of at least 4 members (excludes halogenated alkanes) is 1. The Morgan fingerprint density at radius 1 is 1.23 bits per heavy atom. The average molecular weight is 189 g/mol. The number of primary amides is 1. The van der Waals surface area contributed by atoms with Gasteiger partial charge in [0.05, 0.1) is 0 Å². The van der Waals surface area contributed by atoms with Gasteiger partial charge in [0.2, 0.25) is 5.91 Å². The van der Waals surface area contributed by atoms with E-state index < -0.39 is 5.91 Å². The van der Waals surface area contributed by atoms with E-state index in [4.69, 9.17) is 0 Å². The van der Waals surface area contributed by atoms with Crippen molar-refractivity contribution in [2.24, 2.45) is 5.73 Å². The molecule has 0 aromatic carbocycles. The molecule has 0 aliphatic heterocycles. The molecule has 80 valence electrons. The minimum Gasteiger partial charge on any atom is -0.370 e. The van der Waals surface area contributed by atoms with Crippen LogP contribution >= 0.6 is 0 Å². The van der Waals surface area contributed by atoms with Crippen LogP contribution in [0.4, 0.5) is 0 Å². The van der Waals surface area contributed by atoms with Crippen LogP contribution in [0.3, 0.4) is 0 Å². The van der Waals surface area contributed by atoms with Crippen molar-refractivity contribution in [3.8, 4) is 0 Å². The number of carbonyl (C=O) groups excluding carboxylic acids is 2. The van der Waals surface area contributed by atoms with Crippen LogP contribution in [0, 0.1) is 0 Å². The van der Waals surface area contributed by atoms with Gasteiger partial charge in [0, 0.05) is 12.8 Å². The molecule has 0 aromatic heterocycles. The van der Waals surface area contributed by atoms with Gasteiger partial charge in [-0.1, -0.05) is 40.5 Å². The molecule has 3 nitrogen and oxygen atoms in total. The fourth-order valence-electron chi connectivity index (χ4n) is 0.201. The fourth-order valence-corrected chi connectivity index (χ4v) is 0.201. The maximum atomic E-state index is 9.82. The largest absolute Gasteiger partial charge is 0.370 e. The van der Waals surface area contributed by atoms with Crippen molar-refractivity contribution in [2.75, 3.05) is 0 Å². The first-order valence-corrected chi connectivity index (χ1v) is 4.90. The van der Waals surface area contributed by atoms with Crippen molar-refractivity contribution in [3.63, 3.8) is 0 Å². The van der Waals surface area contributed by atoms with Gasteiger partial charge < -0.3 is 10.5 Å². The highest BCUT2D eigenvalue weighted by Crippen LogP contribution is 1.78. The lowest BCUT2D eigenvalue weighted by atomic mass is 10.3. The van der Waals surface area contributed by atoms with Crippen molar-refractivity contribution in [2.45, 2.75) is 53.4 Å². The molecular formula is C10H23NO2. The van der Waals surface area contributed by atoms with Gasteiger partial charge in [0.1, 0.15) is 6.29 Å². The average Bonchev–Trinajstić information content (AvgIpc) is 2.18. The molecule has 0 saturated carbocycles. The Kier molecular flexibility index (Phi) is 31.2. The van der Waals surface area contributed by atoms with Gasteiger partial charge in [-0.2, -0.15) is 0 Å². The third kappa shape index (κ3) is 54.3. The van der Waals surface area contributed by atoms with E-state index in [1.807, 2.05) is 13.8 Å². The zero-order valence-electron chi connectivity index (χ0n) is 9.30. The molecule has 1 amide bonds. The minimum atomic E-state index is -0.424. The van der Waals surface area contributed by atoms with Gasteiger partial charge in [-0.25, -0.2) is 0 Å². The summed E-state index contributed by atoms with van der Waals surface area (Å²) in [6, 6.07) is 0. The normalized spacial score (nSPS) is 7.08. The van der Waals surface area contributed by atoms with Gasteiger partial charge in [-0.3, -0.25) is 4.79 Å². The Labute approximate surface area is 81.7 Å². The monoisotopic (exact) mass is 189 g/mol. The van der Waals surface area contributed by atoms with Gasteiger partial charge in [-0.15, -0.1) is 0 Å². The number of carbonyl (C=O) groups is 2. The summed E-state index contributed by atoms with van der Waals surface area (Å²) >= 11 is 0. The van der Waals surface area contributed by atoms with Crippen molar-refractivity contribution in [1.82, 2.24) is 0 Å². The van der Waals surface area contributed by atoms with Crippen LogP contribution in [-0.4, -0.2) is 12.2 Å². The highest BCUT2D eigenvalue weighted by molar-refractivity contribution is 5.76. The lowest BCUT2D eigenvalue weighted by molar-refractivity contribution is -0.119. The Morgan fingerprint density at radius 3 is 1.69 bits per heavy atom. The number of amides is 1. The zero-order chi connectivity index (χ0) is 11.1. The van der Waals surface area contributed by atoms with E-state index >= 15 is 0 Å². The van der Waals surface area contributed by atoms with Crippen molar-refractivity contribution in [1.29, 1.82) is 0 Å². The summed E-state index contributed by atoms with van der Waals surface area (Å²) in [6.45, 7) is 8.36. The predicted molar refractivity (Wildman–Crippen MR) is 56.4 cm³/mol. The van der Waals surface area contributed by atoms with E-state index in [2.05, 4.69) is 19.6 Å². The van der Waals surface area contributed by atoms with Gasteiger partial charge in [0.25, 0.3) is 0 Å². The molecule has 0 atom stereocenters. The molecule has 0 aromatic rings. The molecule has 0 saturated heterocycles. The van der Waals surface area contributed by atoms with Crippen LogP contribution in [0.5, 0.6) is 0 Å². The van der Waals surface area contributed by atoms with E-state index in [9.17, 15) is 9.59 Å². The molecule has 0 radical (unpaired) electrons. The van der Waals surface area contributed by atoms with Crippen LogP contribution < -0.4 is 5.73 Å². The summed E-state index contributed by atoms with van der Waals surface area (Å²) in [7, 11) is 0. The molecule has 0 aliphatic rings. The SMILES string of the molecule is CC.CCCC.NC(=O)CCC=O. The van der Waals surface area contributed by atoms with E-state index in [1.54, 1.807) is 0 Å². The first kappa shape index (κ1) is 18.0. The maximum absolute atomic E-state index is 9.82. The summed E-state index contributed by atoms with van der Waals surface area (Å²) in [4.78, 5) is 19.3. The van der Waals surface area contributed by atoms with Crippen LogP contribution in [0.15, 0.2) is 0 Å². The number of nitrogens with two attached hydrogens (primary N) is 1. The molecule has 13 heavy (non-hydrogen) atoms. The predicted octanol–water partition coefficient (Wildman–Crippen LogP) is 2.28. The fraction of sp³-hybridized carbons (Fsp3) is 0.800. The van der Waals surface area contributed by atoms with E-state index in [0.717, 1.165) is 0 Å². The van der Waals surface area contributed by atoms with Crippen LogP contribution in [0.2, 0.25) is 0 Å². The Bertz CT molecular complexity index is 101. The third-order valence-corrected chi connectivity index (χ3v) is 1.01. The number of hydrogen-bond donors (Lipinski definition) is 1. The molecule has 0 bridgehead atoms. The highest BCUT2D eigenvalue weighted by atomic mass is 16.1. The first-order valence-electron chi connectivity index (χ1n) is 4.90. The van der Waals surface area contributed by atoms with E-state index in [0.29, 0.717) is 6.29 Å². The molecular weight excluding hydrogens is 166 g/mol. The molecule has 0 rings (SSSR count). The van der Waals surface area contributed by atoms with Crippen LogP contribution in [0.1, 0.15) is 53.4 Å². The summed E-state index contributed by atoms with van der Waals surface area (Å²) < 4.78 is 0. The molecule has 3 heteroatoms. The second kappa shape index (κ2) is 22.5. The van der Waals surface area contributed by atoms with Crippen molar-refractivity contribution in [3.05, 3.63) is 0 Å². The Morgan fingerprint density at radius 2 is 1.62 bits per heavy atom. The Balaban J connectivity index is -0.000000142. The molecule has 0 unspecified atom stereocenters. The molecule has 0 fully saturated rings. The molecule has 0 heterocycles. The summed E-state index contributed by atoms with van der Waals surface area (Å²) in [5, 5.41) is 0. The minimum absolute atomic E-state index is 0.170. The van der Waals surface area contributed by atoms with Gasteiger partial charge in [0.15, 0.2) is 0 Å². The lowest BCUT2D eigenvalue weighted by Gasteiger charge is -1.81. The number of rotatable bonds is 4. The van der Waals surface area contributed by atoms with Crippen molar-refractivity contribution < 1.29 is 9.59 Å². The first-order chi connectivity index (χ1) is 6.18. The number of aldehydes is 1. The van der Waals surface area contributed by atoms with Crippen molar-refractivity contribution >= 4 is 12.2 Å². The topological polar surface area (TPSA) is 60.2 Å². The van der Waals surface area contributed by atoms with E-state index in [-0.39, 0.29) is 12.8 Å². The lowest BCUT2D eigenvalue weighted by Crippen LogP contribution is -2.09. The molecule has 0 aliphatic carbocycles. The summed E-state index contributed by atoms with van der Waals surface area (Å²) in [5.74, 6) is -0.424. The zero-order valence-corrected chi connectivity index (χ0v) is 9.30.